The van der Waals surface area contributed by atoms with Crippen molar-refractivity contribution >= 4 is 16.3 Å². The molecule has 11 heavy (non-hydrogen) atoms. The zero-order valence-electron chi connectivity index (χ0n) is 5.26. The molecule has 0 aromatic carbocycles. The van der Waals surface area contributed by atoms with Gasteiger partial charge in [-0.3, -0.25) is 19.1 Å². The number of amides is 1. The van der Waals surface area contributed by atoms with Crippen LogP contribution < -0.4 is 5.48 Å². The van der Waals surface area contributed by atoms with Gasteiger partial charge in [-0.1, -0.05) is 6.58 Å². The molecule has 0 aromatic rings. The second kappa shape index (κ2) is 5.80. The van der Waals surface area contributed by atoms with Crippen LogP contribution in [-0.2, 0) is 15.2 Å². The van der Waals surface area contributed by atoms with Crippen LogP contribution in [0, 0.1) is 0 Å². The predicted octanol–water partition coefficient (Wildman–Crippen LogP) is -0.975. The van der Waals surface area contributed by atoms with Crippen molar-refractivity contribution in [3.8, 4) is 0 Å². The molecule has 0 fully saturated rings. The van der Waals surface area contributed by atoms with Crippen molar-refractivity contribution in [2.75, 3.05) is 0 Å². The summed E-state index contributed by atoms with van der Waals surface area (Å²) in [5.74, 6) is -0.588. The van der Waals surface area contributed by atoms with Crippen LogP contribution in [0.3, 0.4) is 0 Å². The van der Waals surface area contributed by atoms with Crippen molar-refractivity contribution in [1.29, 1.82) is 0 Å². The second-order valence-electron chi connectivity index (χ2n) is 1.13. The minimum Gasteiger partial charge on any atom is -0.288 e. The van der Waals surface area contributed by atoms with E-state index < -0.39 is 16.3 Å². The highest BCUT2D eigenvalue weighted by Crippen LogP contribution is 1.59. The molecule has 0 aromatic heterocycles. The summed E-state index contributed by atoms with van der Waals surface area (Å²) in [6.07, 6.45) is 0.972. The molecule has 7 nitrogen and oxygen atoms in total. The van der Waals surface area contributed by atoms with Crippen LogP contribution in [0.2, 0.25) is 0 Å². The zero-order valence-corrected chi connectivity index (χ0v) is 6.08. The van der Waals surface area contributed by atoms with Crippen molar-refractivity contribution in [2.45, 2.75) is 0 Å². The summed E-state index contributed by atoms with van der Waals surface area (Å²) in [6, 6.07) is 0. The summed E-state index contributed by atoms with van der Waals surface area (Å²) in [5.41, 5.74) is 1.36. The minimum atomic E-state index is -4.67. The van der Waals surface area contributed by atoms with E-state index in [4.69, 9.17) is 22.7 Å². The van der Waals surface area contributed by atoms with Crippen LogP contribution in [0.5, 0.6) is 0 Å². The van der Waals surface area contributed by atoms with Gasteiger partial charge in [-0.25, -0.2) is 5.48 Å². The zero-order chi connectivity index (χ0) is 9.49. The Bertz CT molecular complexity index is 210. The van der Waals surface area contributed by atoms with E-state index in [0.717, 1.165) is 6.08 Å². The van der Waals surface area contributed by atoms with E-state index in [1.165, 1.54) is 5.48 Å². The highest BCUT2D eigenvalue weighted by Gasteiger charge is 1.84. The molecular weight excluding hydrogens is 178 g/mol. The summed E-state index contributed by atoms with van der Waals surface area (Å²) in [6.45, 7) is 3.06. The fourth-order valence-corrected chi connectivity index (χ4v) is 0.0456. The van der Waals surface area contributed by atoms with Crippen LogP contribution in [0.1, 0.15) is 0 Å². The first-order chi connectivity index (χ1) is 4.81. The van der Waals surface area contributed by atoms with E-state index in [2.05, 4.69) is 6.58 Å². The van der Waals surface area contributed by atoms with Crippen molar-refractivity contribution in [2.24, 2.45) is 0 Å². The number of carbonyl (C=O) groups excluding carboxylic acids is 1. The molecule has 66 valence electrons. The Kier molecular flexibility index (Phi) is 6.69. The first-order valence-corrected chi connectivity index (χ1v) is 3.47. The van der Waals surface area contributed by atoms with Crippen LogP contribution in [0.4, 0.5) is 0 Å². The summed E-state index contributed by atoms with van der Waals surface area (Å²) in [5, 5.41) is 7.66. The van der Waals surface area contributed by atoms with E-state index in [1.807, 2.05) is 0 Å². The average Bonchev–Trinajstić information content (AvgIpc) is 1.83. The maximum atomic E-state index is 9.70. The lowest BCUT2D eigenvalue weighted by atomic mass is 10.6. The Hall–Kier alpha value is -0.960. The molecule has 0 aliphatic carbocycles. The number of hydroxylamine groups is 1. The molecular formula is C3H7NO6S. The summed E-state index contributed by atoms with van der Waals surface area (Å²) in [7, 11) is -4.67. The lowest BCUT2D eigenvalue weighted by Gasteiger charge is -1.81. The molecule has 0 unspecified atom stereocenters. The van der Waals surface area contributed by atoms with Gasteiger partial charge >= 0.3 is 10.4 Å². The highest BCUT2D eigenvalue weighted by molar-refractivity contribution is 7.79. The molecule has 0 aliphatic heterocycles. The van der Waals surface area contributed by atoms with Crippen LogP contribution in [0.25, 0.3) is 0 Å². The second-order valence-corrected chi connectivity index (χ2v) is 2.02. The van der Waals surface area contributed by atoms with Gasteiger partial charge < -0.3 is 0 Å². The summed E-state index contributed by atoms with van der Waals surface area (Å²) in [4.78, 5) is 9.70. The van der Waals surface area contributed by atoms with Gasteiger partial charge in [0.25, 0.3) is 5.91 Å². The lowest BCUT2D eigenvalue weighted by Crippen LogP contribution is -2.14. The van der Waals surface area contributed by atoms with E-state index in [9.17, 15) is 4.79 Å². The molecule has 1 amide bonds. The van der Waals surface area contributed by atoms with Crippen molar-refractivity contribution in [3.63, 3.8) is 0 Å². The molecule has 0 radical (unpaired) electrons. The first kappa shape index (κ1) is 12.7. The molecule has 0 spiro atoms. The van der Waals surface area contributed by atoms with Gasteiger partial charge in [0.1, 0.15) is 0 Å². The van der Waals surface area contributed by atoms with Crippen molar-refractivity contribution in [1.82, 2.24) is 5.48 Å². The Morgan fingerprint density at radius 1 is 1.45 bits per heavy atom. The van der Waals surface area contributed by atoms with Crippen LogP contribution in [-0.4, -0.2) is 28.6 Å². The number of hydrogen-bond acceptors (Lipinski definition) is 4. The molecule has 4 N–H and O–H groups in total. The number of hydrogen-bond donors (Lipinski definition) is 4. The fraction of sp³-hybridized carbons (Fsp3) is 0. The summed E-state index contributed by atoms with van der Waals surface area (Å²) >= 11 is 0. The maximum absolute atomic E-state index is 9.70. The van der Waals surface area contributed by atoms with Gasteiger partial charge in [0.15, 0.2) is 0 Å². The van der Waals surface area contributed by atoms with Gasteiger partial charge in [0, 0.05) is 0 Å². The standard InChI is InChI=1S/C3H5NO2.H2O4S/c1-2-3(5)4-6;1-5(2,3)4/h2,6H,1H2,(H,4,5);(H2,1,2,3,4). The van der Waals surface area contributed by atoms with Gasteiger partial charge in [0.05, 0.1) is 0 Å². The number of rotatable bonds is 1. The Morgan fingerprint density at radius 2 is 1.73 bits per heavy atom. The highest BCUT2D eigenvalue weighted by atomic mass is 32.3. The van der Waals surface area contributed by atoms with Crippen LogP contribution in [0.15, 0.2) is 12.7 Å². The van der Waals surface area contributed by atoms with Gasteiger partial charge in [-0.15, -0.1) is 0 Å². The van der Waals surface area contributed by atoms with E-state index >= 15 is 0 Å². The third-order valence-electron chi connectivity index (χ3n) is 0.296. The SMILES string of the molecule is C=CC(=O)NO.O=S(=O)(O)O. The molecule has 0 rings (SSSR count). The molecule has 0 bridgehead atoms. The topological polar surface area (TPSA) is 124 Å². The smallest absolute Gasteiger partial charge is 0.288 e. The molecule has 0 heterocycles. The predicted molar refractivity (Wildman–Crippen MR) is 34.3 cm³/mol. The molecule has 0 saturated carbocycles. The largest absolute Gasteiger partial charge is 0.394 e. The number of carbonyl (C=O) groups is 1. The number of nitrogens with one attached hydrogen (secondary N) is 1. The van der Waals surface area contributed by atoms with Crippen molar-refractivity contribution in [3.05, 3.63) is 12.7 Å². The minimum absolute atomic E-state index is 0.588. The third-order valence-corrected chi connectivity index (χ3v) is 0.296. The molecule has 0 atom stereocenters. The van der Waals surface area contributed by atoms with Gasteiger partial charge in [0.2, 0.25) is 0 Å². The van der Waals surface area contributed by atoms with Crippen molar-refractivity contribution < 1.29 is 27.5 Å². The average molecular weight is 185 g/mol. The maximum Gasteiger partial charge on any atom is 0.394 e. The lowest BCUT2D eigenvalue weighted by molar-refractivity contribution is -0.124. The quantitative estimate of drug-likeness (QED) is 0.180. The summed E-state index contributed by atoms with van der Waals surface area (Å²) < 4.78 is 31.6. The van der Waals surface area contributed by atoms with E-state index in [1.54, 1.807) is 0 Å². The normalized spacial score (nSPS) is 9.00. The van der Waals surface area contributed by atoms with E-state index in [0.29, 0.717) is 0 Å². The first-order valence-electron chi connectivity index (χ1n) is 2.07. The third kappa shape index (κ3) is 48.5. The Balaban J connectivity index is 0. The Labute approximate surface area is 62.9 Å². The Morgan fingerprint density at radius 3 is 1.73 bits per heavy atom. The molecule has 8 heteroatoms. The van der Waals surface area contributed by atoms with E-state index in [-0.39, 0.29) is 0 Å². The van der Waals surface area contributed by atoms with Crippen LogP contribution >= 0.6 is 0 Å². The molecule has 0 saturated heterocycles. The molecule has 0 aliphatic rings. The fourth-order valence-electron chi connectivity index (χ4n) is 0.0456. The van der Waals surface area contributed by atoms with Gasteiger partial charge in [-0.05, 0) is 6.08 Å². The monoisotopic (exact) mass is 185 g/mol. The van der Waals surface area contributed by atoms with Gasteiger partial charge in [-0.2, -0.15) is 8.42 Å².